The molecule has 0 aliphatic carbocycles. The summed E-state index contributed by atoms with van der Waals surface area (Å²) in [6.45, 7) is 0. The van der Waals surface area contributed by atoms with Gasteiger partial charge in [-0.25, -0.2) is 9.59 Å². The van der Waals surface area contributed by atoms with Gasteiger partial charge in [0.15, 0.2) is 0 Å². The molecule has 218 valence electrons. The van der Waals surface area contributed by atoms with Gasteiger partial charge in [-0.05, 0) is 115 Å². The first-order valence-electron chi connectivity index (χ1n) is 13.4. The lowest BCUT2D eigenvalue weighted by Crippen LogP contribution is -2.12. The van der Waals surface area contributed by atoms with E-state index < -0.39 is 11.9 Å². The zero-order valence-electron chi connectivity index (χ0n) is 23.8. The van der Waals surface area contributed by atoms with Crippen molar-refractivity contribution in [1.29, 1.82) is 0 Å². The van der Waals surface area contributed by atoms with Crippen molar-refractivity contribution in [3.05, 3.63) is 132 Å². The molecule has 5 rings (SSSR count). The number of ether oxygens (including phenoxy) is 4. The maximum atomic E-state index is 12.8. The fraction of sp³-hybridized carbons (Fsp3) is 0.0588. The molecule has 0 saturated heterocycles. The number of esters is 2. The molecule has 0 amide bonds. The van der Waals surface area contributed by atoms with Gasteiger partial charge in [0, 0.05) is 0 Å². The van der Waals surface area contributed by atoms with Gasteiger partial charge < -0.3 is 18.9 Å². The smallest absolute Gasteiger partial charge is 0.343 e. The highest BCUT2D eigenvalue weighted by atomic mass is 16.5. The Hall–Kier alpha value is -6.16. The van der Waals surface area contributed by atoms with Crippen LogP contribution in [0.25, 0.3) is 0 Å². The third-order valence-corrected chi connectivity index (χ3v) is 6.14. The molecule has 10 heteroatoms. The molecular weight excluding hydrogens is 560 g/mol. The zero-order valence-corrected chi connectivity index (χ0v) is 23.8. The Bertz CT molecular complexity index is 1650. The molecule has 0 atom stereocenters. The quantitative estimate of drug-likeness (QED) is 0.0915. The van der Waals surface area contributed by atoms with Crippen molar-refractivity contribution in [2.24, 2.45) is 20.5 Å². The van der Waals surface area contributed by atoms with Crippen molar-refractivity contribution in [1.82, 2.24) is 0 Å². The SMILES string of the molecule is COc1ccc(N=Nc2ccc(OC(=O)c3cccc(C(=O)Oc4ccc(N=Nc5ccc(OC)cc5)cc4)c3)cc2)cc1. The summed E-state index contributed by atoms with van der Waals surface area (Å²) in [4.78, 5) is 25.6. The Kier molecular flexibility index (Phi) is 9.43. The van der Waals surface area contributed by atoms with Crippen LogP contribution in [0.1, 0.15) is 20.7 Å². The summed E-state index contributed by atoms with van der Waals surface area (Å²) in [6, 6.07) is 33.6. The average Bonchev–Trinajstić information content (AvgIpc) is 3.08. The van der Waals surface area contributed by atoms with Gasteiger partial charge >= 0.3 is 11.9 Å². The Balaban J connectivity index is 1.15. The fourth-order valence-electron chi connectivity index (χ4n) is 3.80. The average molecular weight is 587 g/mol. The van der Waals surface area contributed by atoms with Gasteiger partial charge in [-0.3, -0.25) is 0 Å². The molecule has 5 aromatic rings. The number of carbonyl (C=O) groups is 2. The second-order valence-corrected chi connectivity index (χ2v) is 9.14. The molecule has 0 fully saturated rings. The van der Waals surface area contributed by atoms with E-state index in [9.17, 15) is 9.59 Å². The van der Waals surface area contributed by atoms with Crippen LogP contribution in [-0.4, -0.2) is 26.2 Å². The van der Waals surface area contributed by atoms with Crippen LogP contribution < -0.4 is 18.9 Å². The van der Waals surface area contributed by atoms with E-state index in [4.69, 9.17) is 18.9 Å². The van der Waals surface area contributed by atoms with Crippen LogP contribution in [0.15, 0.2) is 142 Å². The maximum absolute atomic E-state index is 12.8. The summed E-state index contributed by atoms with van der Waals surface area (Å²) in [5.74, 6) is 0.839. The van der Waals surface area contributed by atoms with Crippen LogP contribution in [0.5, 0.6) is 23.0 Å². The number of benzene rings is 5. The number of nitrogens with zero attached hydrogens (tertiary/aromatic N) is 4. The predicted octanol–water partition coefficient (Wildman–Crippen LogP) is 8.97. The zero-order chi connectivity index (χ0) is 30.7. The van der Waals surface area contributed by atoms with Gasteiger partial charge in [0.05, 0.1) is 48.1 Å². The monoisotopic (exact) mass is 586 g/mol. The summed E-state index contributed by atoms with van der Waals surface area (Å²) < 4.78 is 21.2. The first-order chi connectivity index (χ1) is 21.5. The molecule has 0 saturated carbocycles. The molecule has 0 aromatic heterocycles. The van der Waals surface area contributed by atoms with Crippen molar-refractivity contribution < 1.29 is 28.5 Å². The molecule has 0 spiro atoms. The van der Waals surface area contributed by atoms with Crippen molar-refractivity contribution in [3.8, 4) is 23.0 Å². The Labute approximate surface area is 253 Å². The number of methoxy groups -OCH3 is 2. The Morgan fingerprint density at radius 2 is 0.727 bits per heavy atom. The van der Waals surface area contributed by atoms with E-state index in [-0.39, 0.29) is 11.1 Å². The number of hydrogen-bond donors (Lipinski definition) is 0. The standard InChI is InChI=1S/C34H26N4O6/c1-41-29-14-6-25(7-15-29)35-37-27-10-18-31(19-11-27)43-33(39)23-4-3-5-24(22-23)34(40)44-32-20-12-28(13-21-32)38-36-26-8-16-30(42-2)17-9-26/h3-22H,1-2H3. The predicted molar refractivity (Wildman–Crippen MR) is 164 cm³/mol. The second kappa shape index (κ2) is 14.1. The Morgan fingerprint density at radius 1 is 0.432 bits per heavy atom. The van der Waals surface area contributed by atoms with Crippen LogP contribution in [0.3, 0.4) is 0 Å². The van der Waals surface area contributed by atoms with Gasteiger partial charge in [0.2, 0.25) is 0 Å². The molecule has 44 heavy (non-hydrogen) atoms. The van der Waals surface area contributed by atoms with Gasteiger partial charge in [0.25, 0.3) is 0 Å². The summed E-state index contributed by atoms with van der Waals surface area (Å²) in [5.41, 5.74) is 2.89. The van der Waals surface area contributed by atoms with E-state index in [0.29, 0.717) is 34.2 Å². The molecule has 0 N–H and O–H groups in total. The van der Waals surface area contributed by atoms with Gasteiger partial charge in [-0.1, -0.05) is 6.07 Å². The van der Waals surface area contributed by atoms with Crippen LogP contribution in [0, 0.1) is 0 Å². The molecule has 0 unspecified atom stereocenters. The third kappa shape index (κ3) is 7.98. The van der Waals surface area contributed by atoms with Gasteiger partial charge in [-0.2, -0.15) is 20.5 Å². The minimum atomic E-state index is -0.626. The minimum absolute atomic E-state index is 0.192. The van der Waals surface area contributed by atoms with Crippen LogP contribution in [0.4, 0.5) is 22.7 Å². The molecular formula is C34H26N4O6. The topological polar surface area (TPSA) is 121 Å². The van der Waals surface area contributed by atoms with E-state index in [0.717, 1.165) is 11.5 Å². The molecule has 0 radical (unpaired) electrons. The van der Waals surface area contributed by atoms with E-state index in [1.54, 1.807) is 129 Å². The summed E-state index contributed by atoms with van der Waals surface area (Å²) in [5, 5.41) is 16.7. The van der Waals surface area contributed by atoms with Crippen molar-refractivity contribution in [3.63, 3.8) is 0 Å². The molecule has 0 aliphatic rings. The molecule has 0 heterocycles. The lowest BCUT2D eigenvalue weighted by Gasteiger charge is -2.07. The van der Waals surface area contributed by atoms with E-state index in [2.05, 4.69) is 20.5 Å². The number of azo groups is 2. The number of rotatable bonds is 10. The highest BCUT2D eigenvalue weighted by Gasteiger charge is 2.14. The largest absolute Gasteiger partial charge is 0.497 e. The van der Waals surface area contributed by atoms with E-state index >= 15 is 0 Å². The van der Waals surface area contributed by atoms with Crippen LogP contribution >= 0.6 is 0 Å². The first kappa shape index (κ1) is 29.3. The Morgan fingerprint density at radius 3 is 1.02 bits per heavy atom. The minimum Gasteiger partial charge on any atom is -0.497 e. The maximum Gasteiger partial charge on any atom is 0.343 e. The first-order valence-corrected chi connectivity index (χ1v) is 13.4. The van der Waals surface area contributed by atoms with E-state index in [1.807, 2.05) is 0 Å². The third-order valence-electron chi connectivity index (χ3n) is 6.14. The highest BCUT2D eigenvalue weighted by molar-refractivity contribution is 5.96. The summed E-state index contributed by atoms with van der Waals surface area (Å²) >= 11 is 0. The lowest BCUT2D eigenvalue weighted by atomic mass is 10.1. The lowest BCUT2D eigenvalue weighted by molar-refractivity contribution is 0.0734. The van der Waals surface area contributed by atoms with Gasteiger partial charge in [0.1, 0.15) is 23.0 Å². The van der Waals surface area contributed by atoms with E-state index in [1.165, 1.54) is 6.07 Å². The molecule has 0 bridgehead atoms. The highest BCUT2D eigenvalue weighted by Crippen LogP contribution is 2.25. The number of carbonyl (C=O) groups excluding carboxylic acids is 2. The van der Waals surface area contributed by atoms with Crippen LogP contribution in [-0.2, 0) is 0 Å². The van der Waals surface area contributed by atoms with Crippen molar-refractivity contribution >= 4 is 34.7 Å². The van der Waals surface area contributed by atoms with Crippen molar-refractivity contribution in [2.45, 2.75) is 0 Å². The second-order valence-electron chi connectivity index (χ2n) is 9.14. The number of hydrogen-bond acceptors (Lipinski definition) is 10. The fourth-order valence-corrected chi connectivity index (χ4v) is 3.80. The molecule has 10 nitrogen and oxygen atoms in total. The molecule has 5 aromatic carbocycles. The van der Waals surface area contributed by atoms with Gasteiger partial charge in [-0.15, -0.1) is 0 Å². The molecule has 0 aliphatic heterocycles. The summed E-state index contributed by atoms with van der Waals surface area (Å²) in [6.07, 6.45) is 0. The van der Waals surface area contributed by atoms with Crippen LogP contribution in [0.2, 0.25) is 0 Å². The summed E-state index contributed by atoms with van der Waals surface area (Å²) in [7, 11) is 3.19. The normalized spacial score (nSPS) is 11.0. The van der Waals surface area contributed by atoms with Crippen molar-refractivity contribution in [2.75, 3.05) is 14.2 Å².